The van der Waals surface area contributed by atoms with E-state index < -0.39 is 35.6 Å². The molecule has 40 heavy (non-hydrogen) atoms. The second-order valence-corrected chi connectivity index (χ2v) is 10.0. The Hall–Kier alpha value is -3.50. The molecule has 216 valence electrons. The quantitative estimate of drug-likeness (QED) is 0.452. The van der Waals surface area contributed by atoms with Crippen LogP contribution in [-0.2, 0) is 14.3 Å². The van der Waals surface area contributed by atoms with Gasteiger partial charge in [0.2, 0.25) is 0 Å². The van der Waals surface area contributed by atoms with Gasteiger partial charge in [0.05, 0.1) is 12.7 Å². The minimum Gasteiger partial charge on any atom is -0.466 e. The summed E-state index contributed by atoms with van der Waals surface area (Å²) in [6.07, 6.45) is 4.10. The number of hydrogen-bond donors (Lipinski definition) is 2. The van der Waals surface area contributed by atoms with E-state index in [0.717, 1.165) is 37.8 Å². The van der Waals surface area contributed by atoms with E-state index in [2.05, 4.69) is 39.8 Å². The number of amides is 3. The van der Waals surface area contributed by atoms with Crippen molar-refractivity contribution in [2.24, 2.45) is 0 Å². The van der Waals surface area contributed by atoms with Gasteiger partial charge in [-0.25, -0.2) is 18.4 Å². The molecule has 1 fully saturated rings. The number of hydrogen-bond acceptors (Lipinski definition) is 5. The standard InChI is InChI=1S/C29H34F2N4O4.ClH/c1-18-25(28(37)39-3)26(33-29(38)32-18)27(36)35(22-13-14-23(30)24(31)17-22)16-15-34(2)21-11-9-20(10-12-21)19-7-5-4-6-8-19;/h4-8,13-14,17,20-21,26H,9-12,15-16H2,1-3H3,(H2,32,33,38);1H. The lowest BCUT2D eigenvalue weighted by atomic mass is 9.81. The number of nitrogens with zero attached hydrogens (tertiary/aromatic N) is 2. The number of urea groups is 1. The van der Waals surface area contributed by atoms with Crippen molar-refractivity contribution < 1.29 is 27.9 Å². The highest BCUT2D eigenvalue weighted by Gasteiger charge is 2.39. The van der Waals surface area contributed by atoms with Crippen LogP contribution in [0.25, 0.3) is 0 Å². The van der Waals surface area contributed by atoms with Crippen LogP contribution < -0.4 is 15.5 Å². The van der Waals surface area contributed by atoms with Crippen LogP contribution in [0, 0.1) is 11.6 Å². The van der Waals surface area contributed by atoms with Crippen LogP contribution in [0.5, 0.6) is 0 Å². The molecular formula is C29H35ClF2N4O4. The lowest BCUT2D eigenvalue weighted by Crippen LogP contribution is -2.58. The van der Waals surface area contributed by atoms with Crippen molar-refractivity contribution in [2.45, 2.75) is 50.6 Å². The monoisotopic (exact) mass is 576 g/mol. The average Bonchev–Trinajstić information content (AvgIpc) is 2.94. The summed E-state index contributed by atoms with van der Waals surface area (Å²) < 4.78 is 32.8. The largest absolute Gasteiger partial charge is 0.466 e. The third-order valence-corrected chi connectivity index (χ3v) is 7.67. The molecule has 1 aliphatic heterocycles. The minimum atomic E-state index is -1.36. The van der Waals surface area contributed by atoms with Crippen LogP contribution in [0.15, 0.2) is 59.8 Å². The summed E-state index contributed by atoms with van der Waals surface area (Å²) in [5.74, 6) is -3.06. The molecular weight excluding hydrogens is 542 g/mol. The summed E-state index contributed by atoms with van der Waals surface area (Å²) in [5, 5.41) is 4.95. The Morgan fingerprint density at radius 2 is 1.68 bits per heavy atom. The van der Waals surface area contributed by atoms with Gasteiger partial charge >= 0.3 is 12.0 Å². The van der Waals surface area contributed by atoms with Gasteiger partial charge in [-0.15, -0.1) is 12.4 Å². The predicted octanol–water partition coefficient (Wildman–Crippen LogP) is 4.51. The van der Waals surface area contributed by atoms with E-state index in [4.69, 9.17) is 4.74 Å². The van der Waals surface area contributed by atoms with Gasteiger partial charge in [0.15, 0.2) is 11.6 Å². The Kier molecular flexibility index (Phi) is 10.6. The number of carbonyl (C=O) groups is 3. The maximum Gasteiger partial charge on any atom is 0.338 e. The topological polar surface area (TPSA) is 91.0 Å². The molecule has 11 heteroatoms. The molecule has 0 aromatic heterocycles. The smallest absolute Gasteiger partial charge is 0.338 e. The number of halogens is 3. The number of likely N-dealkylation sites (N-methyl/N-ethyl adjacent to an activating group) is 1. The van der Waals surface area contributed by atoms with Crippen molar-refractivity contribution >= 4 is 36.0 Å². The van der Waals surface area contributed by atoms with Gasteiger partial charge in [-0.2, -0.15) is 0 Å². The summed E-state index contributed by atoms with van der Waals surface area (Å²) in [6.45, 7) is 2.07. The zero-order chi connectivity index (χ0) is 28.1. The number of anilines is 1. The molecule has 1 atom stereocenters. The number of methoxy groups -OCH3 is 1. The molecule has 1 unspecified atom stereocenters. The Balaban J connectivity index is 0.00000441. The predicted molar refractivity (Wildman–Crippen MR) is 150 cm³/mol. The molecule has 3 amide bonds. The van der Waals surface area contributed by atoms with Crippen LogP contribution in [0.1, 0.15) is 44.1 Å². The van der Waals surface area contributed by atoms with Gasteiger partial charge < -0.3 is 25.2 Å². The fraction of sp³-hybridized carbons (Fsp3) is 0.414. The zero-order valence-corrected chi connectivity index (χ0v) is 23.6. The maximum absolute atomic E-state index is 14.2. The van der Waals surface area contributed by atoms with Crippen LogP contribution in [0.2, 0.25) is 0 Å². The number of ether oxygens (including phenoxy) is 1. The van der Waals surface area contributed by atoms with E-state index >= 15 is 0 Å². The van der Waals surface area contributed by atoms with Crippen LogP contribution in [-0.4, -0.2) is 62.1 Å². The Bertz CT molecular complexity index is 1250. The van der Waals surface area contributed by atoms with E-state index in [1.54, 1.807) is 0 Å². The molecule has 4 rings (SSSR count). The lowest BCUT2D eigenvalue weighted by molar-refractivity contribution is -0.137. The van der Waals surface area contributed by atoms with E-state index in [-0.39, 0.29) is 35.9 Å². The first kappa shape index (κ1) is 31.0. The molecule has 0 bridgehead atoms. The van der Waals surface area contributed by atoms with Crippen LogP contribution in [0.3, 0.4) is 0 Å². The van der Waals surface area contributed by atoms with Crippen LogP contribution in [0.4, 0.5) is 19.3 Å². The SMILES string of the molecule is COC(=O)C1=C(C)NC(=O)NC1C(=O)N(CCN(C)C1CCC(c2ccccc2)CC1)c1ccc(F)c(F)c1.Cl. The Morgan fingerprint density at radius 1 is 1.00 bits per heavy atom. The highest BCUT2D eigenvalue weighted by Crippen LogP contribution is 2.34. The summed E-state index contributed by atoms with van der Waals surface area (Å²) in [5.41, 5.74) is 1.60. The van der Waals surface area contributed by atoms with Crippen molar-refractivity contribution in [3.63, 3.8) is 0 Å². The second-order valence-electron chi connectivity index (χ2n) is 10.0. The Morgan fingerprint density at radius 3 is 2.30 bits per heavy atom. The number of esters is 1. The highest BCUT2D eigenvalue weighted by atomic mass is 35.5. The van der Waals surface area contributed by atoms with Gasteiger partial charge in [0.25, 0.3) is 5.91 Å². The molecule has 8 nitrogen and oxygen atoms in total. The molecule has 1 saturated carbocycles. The average molecular weight is 577 g/mol. The number of carbonyl (C=O) groups excluding carboxylic acids is 3. The molecule has 1 heterocycles. The first-order valence-electron chi connectivity index (χ1n) is 13.1. The summed E-state index contributed by atoms with van der Waals surface area (Å²) in [4.78, 5) is 42.0. The molecule has 0 spiro atoms. The molecule has 1 aliphatic carbocycles. The number of benzene rings is 2. The summed E-state index contributed by atoms with van der Waals surface area (Å²) in [7, 11) is 3.16. The molecule has 2 aromatic rings. The van der Waals surface area contributed by atoms with Crippen LogP contribution >= 0.6 is 12.4 Å². The van der Waals surface area contributed by atoms with Gasteiger partial charge in [0, 0.05) is 36.6 Å². The van der Waals surface area contributed by atoms with Gasteiger partial charge in [-0.3, -0.25) is 4.79 Å². The van der Waals surface area contributed by atoms with Crippen molar-refractivity contribution in [1.82, 2.24) is 15.5 Å². The van der Waals surface area contributed by atoms with E-state index in [0.29, 0.717) is 18.5 Å². The van der Waals surface area contributed by atoms with Crippen molar-refractivity contribution in [1.29, 1.82) is 0 Å². The minimum absolute atomic E-state index is 0. The van der Waals surface area contributed by atoms with Crippen molar-refractivity contribution in [3.8, 4) is 0 Å². The number of nitrogens with one attached hydrogen (secondary N) is 2. The normalized spacial score (nSPS) is 20.8. The zero-order valence-electron chi connectivity index (χ0n) is 22.8. The van der Waals surface area contributed by atoms with Gasteiger partial charge in [-0.05, 0) is 63.3 Å². The van der Waals surface area contributed by atoms with Crippen molar-refractivity contribution in [3.05, 3.63) is 77.0 Å². The molecule has 2 aromatic carbocycles. The number of allylic oxidation sites excluding steroid dienone is 1. The molecule has 2 aliphatic rings. The summed E-state index contributed by atoms with van der Waals surface area (Å²) in [6, 6.07) is 12.0. The van der Waals surface area contributed by atoms with E-state index in [1.807, 2.05) is 13.1 Å². The molecule has 0 radical (unpaired) electrons. The Labute approximate surface area is 239 Å². The highest BCUT2D eigenvalue weighted by molar-refractivity contribution is 6.09. The first-order chi connectivity index (χ1) is 18.7. The molecule has 2 N–H and O–H groups in total. The second kappa shape index (κ2) is 13.7. The van der Waals surface area contributed by atoms with Gasteiger partial charge in [-0.1, -0.05) is 30.3 Å². The van der Waals surface area contributed by atoms with E-state index in [1.165, 1.54) is 30.6 Å². The van der Waals surface area contributed by atoms with Gasteiger partial charge in [0.1, 0.15) is 6.04 Å². The van der Waals surface area contributed by atoms with Crippen molar-refractivity contribution in [2.75, 3.05) is 32.1 Å². The van der Waals surface area contributed by atoms with E-state index in [9.17, 15) is 23.2 Å². The number of rotatable bonds is 8. The summed E-state index contributed by atoms with van der Waals surface area (Å²) >= 11 is 0. The maximum atomic E-state index is 14.2. The lowest BCUT2D eigenvalue weighted by Gasteiger charge is -2.37. The third-order valence-electron chi connectivity index (χ3n) is 7.67. The first-order valence-corrected chi connectivity index (χ1v) is 13.1. The fourth-order valence-corrected chi connectivity index (χ4v) is 5.45. The molecule has 0 saturated heterocycles. The third kappa shape index (κ3) is 6.98. The fourth-order valence-electron chi connectivity index (χ4n) is 5.45.